The molecule has 0 unspecified atom stereocenters. The molecule has 28 heavy (non-hydrogen) atoms. The summed E-state index contributed by atoms with van der Waals surface area (Å²) in [5.41, 5.74) is 3.72. The highest BCUT2D eigenvalue weighted by atomic mass is 32.1. The van der Waals surface area contributed by atoms with Gasteiger partial charge in [0.2, 0.25) is 5.13 Å². The van der Waals surface area contributed by atoms with Crippen LogP contribution in [0.3, 0.4) is 0 Å². The van der Waals surface area contributed by atoms with E-state index in [0.717, 1.165) is 33.0 Å². The monoisotopic (exact) mass is 412 g/mol. The standard InChI is InChI=1S/C19H20N6OS2/c1-12-10-13(2)25(23-12)19-22-15(11-27-19)6-7-20-17(26)16-14(3)21-18(28-16)24-8-4-5-9-24/h4-5,8-11H,6-7H2,1-3H3,(H,20,26). The maximum atomic E-state index is 12.5. The molecule has 0 aliphatic rings. The zero-order chi connectivity index (χ0) is 19.7. The number of carbonyl (C=O) groups excluding carboxylic acids is 1. The minimum Gasteiger partial charge on any atom is -0.351 e. The molecule has 0 aromatic carbocycles. The molecule has 1 amide bonds. The molecule has 144 valence electrons. The Labute approximate surface area is 170 Å². The van der Waals surface area contributed by atoms with Gasteiger partial charge in [0, 0.05) is 36.4 Å². The van der Waals surface area contributed by atoms with Crippen molar-refractivity contribution >= 4 is 28.6 Å². The number of rotatable bonds is 6. The first-order valence-corrected chi connectivity index (χ1v) is 10.6. The molecular formula is C19H20N6OS2. The van der Waals surface area contributed by atoms with E-state index in [2.05, 4.69) is 20.4 Å². The van der Waals surface area contributed by atoms with E-state index in [1.807, 2.05) is 66.0 Å². The van der Waals surface area contributed by atoms with Crippen molar-refractivity contribution in [1.82, 2.24) is 29.6 Å². The van der Waals surface area contributed by atoms with E-state index in [4.69, 9.17) is 0 Å². The van der Waals surface area contributed by atoms with Gasteiger partial charge in [-0.05, 0) is 39.0 Å². The summed E-state index contributed by atoms with van der Waals surface area (Å²) in [4.78, 5) is 22.3. The molecule has 0 atom stereocenters. The van der Waals surface area contributed by atoms with Crippen LogP contribution in [-0.2, 0) is 6.42 Å². The van der Waals surface area contributed by atoms with Crippen LogP contribution in [0.5, 0.6) is 0 Å². The second kappa shape index (κ2) is 7.69. The first-order chi connectivity index (χ1) is 13.5. The zero-order valence-electron chi connectivity index (χ0n) is 15.8. The summed E-state index contributed by atoms with van der Waals surface area (Å²) in [6, 6.07) is 5.90. The number of amides is 1. The van der Waals surface area contributed by atoms with Crippen LogP contribution in [0.25, 0.3) is 10.3 Å². The Bertz CT molecular complexity index is 1110. The summed E-state index contributed by atoms with van der Waals surface area (Å²) in [7, 11) is 0. The Balaban J connectivity index is 1.37. The first kappa shape index (κ1) is 18.6. The molecule has 0 saturated carbocycles. The van der Waals surface area contributed by atoms with Gasteiger partial charge < -0.3 is 9.88 Å². The van der Waals surface area contributed by atoms with Crippen molar-refractivity contribution in [2.45, 2.75) is 27.2 Å². The lowest BCUT2D eigenvalue weighted by molar-refractivity contribution is 0.0957. The lowest BCUT2D eigenvalue weighted by Gasteiger charge is -2.02. The number of hydrogen-bond acceptors (Lipinski definition) is 6. The number of aromatic nitrogens is 5. The van der Waals surface area contributed by atoms with E-state index in [1.54, 1.807) is 11.3 Å². The molecule has 4 aromatic rings. The quantitative estimate of drug-likeness (QED) is 0.526. The smallest absolute Gasteiger partial charge is 0.263 e. The Hall–Kier alpha value is -2.78. The van der Waals surface area contributed by atoms with Crippen LogP contribution in [0.1, 0.15) is 32.4 Å². The van der Waals surface area contributed by atoms with Crippen molar-refractivity contribution in [3.63, 3.8) is 0 Å². The van der Waals surface area contributed by atoms with Crippen LogP contribution in [0, 0.1) is 20.8 Å². The van der Waals surface area contributed by atoms with Gasteiger partial charge in [-0.2, -0.15) is 5.10 Å². The fourth-order valence-electron chi connectivity index (χ4n) is 2.88. The third kappa shape index (κ3) is 3.76. The normalized spacial score (nSPS) is 11.1. The van der Waals surface area contributed by atoms with E-state index in [-0.39, 0.29) is 5.91 Å². The Morgan fingerprint density at radius 1 is 1.14 bits per heavy atom. The summed E-state index contributed by atoms with van der Waals surface area (Å²) < 4.78 is 3.76. The number of aryl methyl sites for hydroxylation is 3. The van der Waals surface area contributed by atoms with Crippen LogP contribution < -0.4 is 5.32 Å². The highest BCUT2D eigenvalue weighted by Crippen LogP contribution is 2.22. The molecule has 0 aliphatic carbocycles. The summed E-state index contributed by atoms with van der Waals surface area (Å²) in [5, 5.41) is 11.1. The second-order valence-corrected chi connectivity index (χ2v) is 8.28. The minimum atomic E-state index is -0.0950. The number of carbonyl (C=O) groups is 1. The zero-order valence-corrected chi connectivity index (χ0v) is 17.5. The van der Waals surface area contributed by atoms with Crippen LogP contribution in [-0.4, -0.2) is 36.8 Å². The topological polar surface area (TPSA) is 77.6 Å². The van der Waals surface area contributed by atoms with Crippen molar-refractivity contribution in [2.24, 2.45) is 0 Å². The summed E-state index contributed by atoms with van der Waals surface area (Å²) in [5.74, 6) is -0.0950. The highest BCUT2D eigenvalue weighted by Gasteiger charge is 2.16. The van der Waals surface area contributed by atoms with Gasteiger partial charge in [0.15, 0.2) is 5.13 Å². The van der Waals surface area contributed by atoms with Crippen molar-refractivity contribution in [1.29, 1.82) is 0 Å². The van der Waals surface area contributed by atoms with Gasteiger partial charge in [-0.1, -0.05) is 11.3 Å². The van der Waals surface area contributed by atoms with Gasteiger partial charge in [0.05, 0.1) is 17.1 Å². The molecule has 4 rings (SSSR count). The van der Waals surface area contributed by atoms with Gasteiger partial charge in [-0.25, -0.2) is 14.6 Å². The first-order valence-electron chi connectivity index (χ1n) is 8.88. The molecule has 0 fully saturated rings. The summed E-state index contributed by atoms with van der Waals surface area (Å²) in [6.45, 7) is 6.37. The fraction of sp³-hybridized carbons (Fsp3) is 0.263. The lowest BCUT2D eigenvalue weighted by atomic mass is 10.3. The predicted molar refractivity (Wildman–Crippen MR) is 111 cm³/mol. The summed E-state index contributed by atoms with van der Waals surface area (Å²) in [6.07, 6.45) is 4.51. The number of nitrogens with one attached hydrogen (secondary N) is 1. The Kier molecular flexibility index (Phi) is 5.10. The fourth-order valence-corrected chi connectivity index (χ4v) is 4.70. The Morgan fingerprint density at radius 2 is 1.93 bits per heavy atom. The van der Waals surface area contributed by atoms with Crippen molar-refractivity contribution in [2.75, 3.05) is 6.54 Å². The molecule has 4 heterocycles. The predicted octanol–water partition coefficient (Wildman–Crippen LogP) is 3.47. The van der Waals surface area contributed by atoms with E-state index >= 15 is 0 Å². The SMILES string of the molecule is Cc1cc(C)n(-c2nc(CCNC(=O)c3sc(-n4cccc4)nc3C)cs2)n1. The number of nitrogens with zero attached hydrogens (tertiary/aromatic N) is 5. The van der Waals surface area contributed by atoms with Crippen LogP contribution in [0.2, 0.25) is 0 Å². The lowest BCUT2D eigenvalue weighted by Crippen LogP contribution is -2.25. The third-order valence-corrected chi connectivity index (χ3v) is 6.25. The van der Waals surface area contributed by atoms with Gasteiger partial charge in [0.1, 0.15) is 4.88 Å². The average molecular weight is 413 g/mol. The molecule has 7 nitrogen and oxygen atoms in total. The average Bonchev–Trinajstić information content (AvgIpc) is 3.42. The third-order valence-electron chi connectivity index (χ3n) is 4.21. The van der Waals surface area contributed by atoms with Gasteiger partial charge in [-0.3, -0.25) is 4.79 Å². The molecule has 4 aromatic heterocycles. The van der Waals surface area contributed by atoms with Crippen molar-refractivity contribution in [3.8, 4) is 10.3 Å². The van der Waals surface area contributed by atoms with Crippen LogP contribution >= 0.6 is 22.7 Å². The molecule has 0 spiro atoms. The Morgan fingerprint density at radius 3 is 2.64 bits per heavy atom. The number of hydrogen-bond donors (Lipinski definition) is 1. The largest absolute Gasteiger partial charge is 0.351 e. The maximum Gasteiger partial charge on any atom is 0.263 e. The van der Waals surface area contributed by atoms with E-state index < -0.39 is 0 Å². The van der Waals surface area contributed by atoms with E-state index in [9.17, 15) is 4.79 Å². The molecule has 0 saturated heterocycles. The van der Waals surface area contributed by atoms with Crippen LogP contribution in [0.15, 0.2) is 36.0 Å². The second-order valence-electron chi connectivity index (χ2n) is 6.47. The molecule has 0 bridgehead atoms. The highest BCUT2D eigenvalue weighted by molar-refractivity contribution is 7.16. The molecule has 0 aliphatic heterocycles. The maximum absolute atomic E-state index is 12.5. The number of thiazole rings is 2. The van der Waals surface area contributed by atoms with Gasteiger partial charge in [-0.15, -0.1) is 11.3 Å². The molecule has 9 heteroatoms. The van der Waals surface area contributed by atoms with E-state index in [0.29, 0.717) is 17.8 Å². The van der Waals surface area contributed by atoms with Crippen molar-refractivity contribution < 1.29 is 4.79 Å². The van der Waals surface area contributed by atoms with Gasteiger partial charge >= 0.3 is 0 Å². The van der Waals surface area contributed by atoms with E-state index in [1.165, 1.54) is 11.3 Å². The van der Waals surface area contributed by atoms with Gasteiger partial charge in [0.25, 0.3) is 5.91 Å². The van der Waals surface area contributed by atoms with Crippen LogP contribution in [0.4, 0.5) is 0 Å². The minimum absolute atomic E-state index is 0.0950. The summed E-state index contributed by atoms with van der Waals surface area (Å²) >= 11 is 2.95. The molecule has 1 N–H and O–H groups in total. The van der Waals surface area contributed by atoms with Crippen molar-refractivity contribution in [3.05, 3.63) is 63.6 Å². The molecule has 0 radical (unpaired) electrons. The molecular weight excluding hydrogens is 392 g/mol.